The molecule has 100 valence electrons. The first kappa shape index (κ1) is 13.9. The van der Waals surface area contributed by atoms with E-state index in [9.17, 15) is 4.79 Å². The van der Waals surface area contributed by atoms with Crippen LogP contribution in [0, 0.1) is 11.3 Å². The van der Waals surface area contributed by atoms with E-state index in [1.165, 1.54) is 6.07 Å². The molecule has 2 rings (SSSR count). The van der Waals surface area contributed by atoms with Gasteiger partial charge >= 0.3 is 5.97 Å². The van der Waals surface area contributed by atoms with Gasteiger partial charge in [-0.2, -0.15) is 5.26 Å². The van der Waals surface area contributed by atoms with E-state index < -0.39 is 5.97 Å². The van der Waals surface area contributed by atoms with Crippen LogP contribution in [0.3, 0.4) is 0 Å². The number of hydrogen-bond donors (Lipinski definition) is 1. The topological polar surface area (TPSA) is 70.3 Å². The summed E-state index contributed by atoms with van der Waals surface area (Å²) in [5.41, 5.74) is 0.857. The third kappa shape index (κ3) is 3.08. The molecular weight excluding hydrogens is 278 g/mol. The van der Waals surface area contributed by atoms with Crippen molar-refractivity contribution in [2.45, 2.75) is 6.42 Å². The standard InChI is InChI=1S/C15H10ClNO3/c16-13-3-1-2-12(15(18)19)14(13)20-11-6-4-10(5-7-11)8-9-17/h1-7H,8H2,(H,18,19). The normalized spacial score (nSPS) is 9.80. The number of carbonyl (C=O) groups is 1. The smallest absolute Gasteiger partial charge is 0.339 e. The van der Waals surface area contributed by atoms with Gasteiger partial charge in [-0.25, -0.2) is 4.79 Å². The number of nitriles is 1. The molecule has 0 amide bonds. The largest absolute Gasteiger partial charge is 0.478 e. The molecule has 0 fully saturated rings. The van der Waals surface area contributed by atoms with Gasteiger partial charge in [-0.05, 0) is 29.8 Å². The number of hydrogen-bond acceptors (Lipinski definition) is 3. The van der Waals surface area contributed by atoms with Crippen LogP contribution in [0.15, 0.2) is 42.5 Å². The number of rotatable bonds is 4. The number of halogens is 1. The van der Waals surface area contributed by atoms with E-state index >= 15 is 0 Å². The molecule has 0 atom stereocenters. The minimum atomic E-state index is -1.11. The van der Waals surface area contributed by atoms with Crippen LogP contribution in [0.4, 0.5) is 0 Å². The molecule has 5 heteroatoms. The molecule has 0 bridgehead atoms. The second-order valence-electron chi connectivity index (χ2n) is 4.00. The van der Waals surface area contributed by atoms with Crippen LogP contribution in [0.5, 0.6) is 11.5 Å². The number of benzene rings is 2. The summed E-state index contributed by atoms with van der Waals surface area (Å²) < 4.78 is 5.54. The first-order chi connectivity index (χ1) is 9.61. The molecule has 0 aliphatic rings. The lowest BCUT2D eigenvalue weighted by atomic mass is 10.1. The molecule has 0 saturated heterocycles. The Labute approximate surface area is 120 Å². The van der Waals surface area contributed by atoms with E-state index in [1.807, 2.05) is 6.07 Å². The fourth-order valence-corrected chi connectivity index (χ4v) is 1.88. The summed E-state index contributed by atoms with van der Waals surface area (Å²) in [5.74, 6) is -0.541. The highest BCUT2D eigenvalue weighted by molar-refractivity contribution is 6.32. The molecule has 20 heavy (non-hydrogen) atoms. The van der Waals surface area contributed by atoms with Gasteiger partial charge < -0.3 is 9.84 Å². The first-order valence-electron chi connectivity index (χ1n) is 5.77. The first-order valence-corrected chi connectivity index (χ1v) is 6.15. The lowest BCUT2D eigenvalue weighted by molar-refractivity contribution is 0.0694. The molecule has 1 N–H and O–H groups in total. The lowest BCUT2D eigenvalue weighted by Crippen LogP contribution is -2.00. The van der Waals surface area contributed by atoms with E-state index in [1.54, 1.807) is 36.4 Å². The van der Waals surface area contributed by atoms with Crippen molar-refractivity contribution in [3.05, 3.63) is 58.6 Å². The molecule has 2 aromatic rings. The van der Waals surface area contributed by atoms with Gasteiger partial charge in [0.2, 0.25) is 0 Å². The minimum Gasteiger partial charge on any atom is -0.478 e. The van der Waals surface area contributed by atoms with Crippen molar-refractivity contribution in [2.75, 3.05) is 0 Å². The Morgan fingerprint density at radius 1 is 1.25 bits per heavy atom. The third-order valence-electron chi connectivity index (χ3n) is 2.62. The van der Waals surface area contributed by atoms with Gasteiger partial charge in [0.25, 0.3) is 0 Å². The molecular formula is C15H10ClNO3. The molecule has 0 heterocycles. The highest BCUT2D eigenvalue weighted by Crippen LogP contribution is 2.33. The summed E-state index contributed by atoms with van der Waals surface area (Å²) in [5, 5.41) is 17.9. The van der Waals surface area contributed by atoms with E-state index in [0.717, 1.165) is 5.56 Å². The molecule has 0 unspecified atom stereocenters. The van der Waals surface area contributed by atoms with Gasteiger partial charge in [0.05, 0.1) is 17.5 Å². The fraction of sp³-hybridized carbons (Fsp3) is 0.0667. The van der Waals surface area contributed by atoms with E-state index in [2.05, 4.69) is 0 Å². The SMILES string of the molecule is N#CCc1ccc(Oc2c(Cl)cccc2C(=O)O)cc1. The molecule has 0 spiro atoms. The van der Waals surface area contributed by atoms with Crippen LogP contribution in [-0.4, -0.2) is 11.1 Å². The number of carboxylic acids is 1. The van der Waals surface area contributed by atoms with Crippen LogP contribution in [0.1, 0.15) is 15.9 Å². The third-order valence-corrected chi connectivity index (χ3v) is 2.92. The second-order valence-corrected chi connectivity index (χ2v) is 4.41. The van der Waals surface area contributed by atoms with Gasteiger partial charge in [0, 0.05) is 0 Å². The van der Waals surface area contributed by atoms with Crippen LogP contribution >= 0.6 is 11.6 Å². The Hall–Kier alpha value is -2.51. The number of nitrogens with zero attached hydrogens (tertiary/aromatic N) is 1. The zero-order valence-electron chi connectivity index (χ0n) is 10.3. The second kappa shape index (κ2) is 6.09. The molecule has 4 nitrogen and oxygen atoms in total. The summed E-state index contributed by atoms with van der Waals surface area (Å²) >= 11 is 5.97. The van der Waals surface area contributed by atoms with Crippen molar-refractivity contribution in [2.24, 2.45) is 0 Å². The molecule has 0 aromatic heterocycles. The van der Waals surface area contributed by atoms with Gasteiger partial charge in [-0.3, -0.25) is 0 Å². The van der Waals surface area contributed by atoms with Gasteiger partial charge in [0.15, 0.2) is 5.75 Å². The monoisotopic (exact) mass is 287 g/mol. The maximum Gasteiger partial charge on any atom is 0.339 e. The van der Waals surface area contributed by atoms with Crippen LogP contribution in [0.2, 0.25) is 5.02 Å². The Balaban J connectivity index is 2.30. The fourth-order valence-electron chi connectivity index (χ4n) is 1.67. The van der Waals surface area contributed by atoms with Gasteiger partial charge in [-0.15, -0.1) is 0 Å². The highest BCUT2D eigenvalue weighted by Gasteiger charge is 2.15. The van der Waals surface area contributed by atoms with Crippen molar-refractivity contribution in [1.29, 1.82) is 5.26 Å². The molecule has 0 aliphatic heterocycles. The van der Waals surface area contributed by atoms with Crippen LogP contribution < -0.4 is 4.74 Å². The zero-order valence-corrected chi connectivity index (χ0v) is 11.1. The number of para-hydroxylation sites is 1. The predicted molar refractivity (Wildman–Crippen MR) is 74.2 cm³/mol. The van der Waals surface area contributed by atoms with Crippen LogP contribution in [0.25, 0.3) is 0 Å². The number of ether oxygens (including phenoxy) is 1. The van der Waals surface area contributed by atoms with Crippen molar-refractivity contribution >= 4 is 17.6 Å². The Kier molecular flexibility index (Phi) is 4.24. The Morgan fingerprint density at radius 2 is 1.95 bits per heavy atom. The minimum absolute atomic E-state index is 0.00130. The molecule has 2 aromatic carbocycles. The van der Waals surface area contributed by atoms with Crippen LogP contribution in [-0.2, 0) is 6.42 Å². The predicted octanol–water partition coefficient (Wildman–Crippen LogP) is 3.90. The maximum absolute atomic E-state index is 11.1. The van der Waals surface area contributed by atoms with E-state index in [-0.39, 0.29) is 16.3 Å². The maximum atomic E-state index is 11.1. The summed E-state index contributed by atoms with van der Waals surface area (Å²) in [7, 11) is 0. The summed E-state index contributed by atoms with van der Waals surface area (Å²) in [6.07, 6.45) is 0.312. The Morgan fingerprint density at radius 3 is 2.55 bits per heavy atom. The van der Waals surface area contributed by atoms with Crippen molar-refractivity contribution in [3.8, 4) is 17.6 Å². The van der Waals surface area contributed by atoms with Crippen molar-refractivity contribution in [3.63, 3.8) is 0 Å². The van der Waals surface area contributed by atoms with Crippen molar-refractivity contribution in [1.82, 2.24) is 0 Å². The molecule has 0 aliphatic carbocycles. The average Bonchev–Trinajstić information content (AvgIpc) is 2.43. The van der Waals surface area contributed by atoms with E-state index in [0.29, 0.717) is 12.2 Å². The average molecular weight is 288 g/mol. The number of aromatic carboxylic acids is 1. The summed E-state index contributed by atoms with van der Waals surface area (Å²) in [4.78, 5) is 11.1. The van der Waals surface area contributed by atoms with Gasteiger partial charge in [0.1, 0.15) is 11.3 Å². The molecule has 0 radical (unpaired) electrons. The van der Waals surface area contributed by atoms with Crippen molar-refractivity contribution < 1.29 is 14.6 Å². The quantitative estimate of drug-likeness (QED) is 0.926. The Bertz CT molecular complexity index is 675. The zero-order chi connectivity index (χ0) is 14.5. The van der Waals surface area contributed by atoms with Gasteiger partial charge in [-0.1, -0.05) is 29.8 Å². The number of carboxylic acid groups (broad SMARTS) is 1. The summed E-state index contributed by atoms with van der Waals surface area (Å²) in [6, 6.07) is 13.4. The van der Waals surface area contributed by atoms with E-state index in [4.69, 9.17) is 26.7 Å². The highest BCUT2D eigenvalue weighted by atomic mass is 35.5. The molecule has 0 saturated carbocycles. The lowest BCUT2D eigenvalue weighted by Gasteiger charge is -2.10. The summed E-state index contributed by atoms with van der Waals surface area (Å²) in [6.45, 7) is 0.